The Labute approximate surface area is 90.1 Å². The molecule has 0 saturated heterocycles. The Morgan fingerprint density at radius 3 is 2.36 bits per heavy atom. The summed E-state index contributed by atoms with van der Waals surface area (Å²) in [6.45, 7) is 3.96. The third-order valence-corrected chi connectivity index (χ3v) is 3.01. The highest BCUT2D eigenvalue weighted by Crippen LogP contribution is 2.31. The van der Waals surface area contributed by atoms with Crippen molar-refractivity contribution in [3.8, 4) is 0 Å². The molecule has 0 saturated carbocycles. The van der Waals surface area contributed by atoms with E-state index in [1.165, 1.54) is 0 Å². The number of hydrogen-bond donors (Lipinski definition) is 0. The first-order chi connectivity index (χ1) is 6.61. The molecule has 0 spiro atoms. The summed E-state index contributed by atoms with van der Waals surface area (Å²) in [5.74, 6) is 0. The van der Waals surface area contributed by atoms with Crippen LogP contribution in [0.2, 0.25) is 0 Å². The van der Waals surface area contributed by atoms with Crippen LogP contribution in [0.25, 0.3) is 0 Å². The molecule has 0 bridgehead atoms. The van der Waals surface area contributed by atoms with Crippen LogP contribution in [0.3, 0.4) is 0 Å². The zero-order valence-electron chi connectivity index (χ0n) is 8.59. The monoisotopic (exact) mass is 210 g/mol. The molecule has 0 aliphatic carbocycles. The van der Waals surface area contributed by atoms with Crippen molar-refractivity contribution in [2.45, 2.75) is 32.1 Å². The molecule has 0 heterocycles. The van der Waals surface area contributed by atoms with Gasteiger partial charge in [-0.2, -0.15) is 0 Å². The number of carbonyl (C=O) groups is 1. The van der Waals surface area contributed by atoms with Crippen LogP contribution in [-0.2, 0) is 10.2 Å². The summed E-state index contributed by atoms with van der Waals surface area (Å²) in [4.78, 5) is 11.4. The van der Waals surface area contributed by atoms with Crippen LogP contribution in [0.5, 0.6) is 0 Å². The summed E-state index contributed by atoms with van der Waals surface area (Å²) < 4.78 is 0. The molecule has 0 aliphatic rings. The van der Waals surface area contributed by atoms with E-state index in [-0.39, 0.29) is 5.24 Å². The molecule has 1 atom stereocenters. The number of hydrogen-bond acceptors (Lipinski definition) is 1. The third kappa shape index (κ3) is 2.16. The molecule has 1 rings (SSSR count). The minimum Gasteiger partial charge on any atom is -0.280 e. The highest BCUT2D eigenvalue weighted by Gasteiger charge is 2.32. The molecule has 1 aromatic carbocycles. The van der Waals surface area contributed by atoms with Crippen molar-refractivity contribution in [2.75, 3.05) is 0 Å². The third-order valence-electron chi connectivity index (χ3n) is 2.59. The van der Waals surface area contributed by atoms with Gasteiger partial charge in [0.25, 0.3) is 0 Å². The summed E-state index contributed by atoms with van der Waals surface area (Å²) in [7, 11) is 0. The van der Waals surface area contributed by atoms with Crippen LogP contribution in [0, 0.1) is 0 Å². The Morgan fingerprint density at radius 1 is 1.36 bits per heavy atom. The zero-order valence-corrected chi connectivity index (χ0v) is 9.34. The number of benzene rings is 1. The van der Waals surface area contributed by atoms with Crippen LogP contribution in [-0.4, -0.2) is 5.24 Å². The molecular formula is C12H15ClO. The Hall–Kier alpha value is -0.820. The molecule has 1 aromatic rings. The normalized spacial score (nSPS) is 14.8. The van der Waals surface area contributed by atoms with Gasteiger partial charge in [-0.3, -0.25) is 4.79 Å². The van der Waals surface area contributed by atoms with Gasteiger partial charge in [0.05, 0.1) is 5.41 Å². The van der Waals surface area contributed by atoms with E-state index in [0.717, 1.165) is 18.4 Å². The van der Waals surface area contributed by atoms with Crippen molar-refractivity contribution in [1.29, 1.82) is 0 Å². The van der Waals surface area contributed by atoms with Crippen molar-refractivity contribution >= 4 is 16.8 Å². The van der Waals surface area contributed by atoms with Gasteiger partial charge in [0.15, 0.2) is 0 Å². The highest BCUT2D eigenvalue weighted by molar-refractivity contribution is 6.65. The van der Waals surface area contributed by atoms with Gasteiger partial charge in [-0.05, 0) is 30.5 Å². The summed E-state index contributed by atoms with van der Waals surface area (Å²) in [5.41, 5.74) is 0.472. The molecule has 0 aromatic heterocycles. The van der Waals surface area contributed by atoms with E-state index in [0.29, 0.717) is 0 Å². The summed E-state index contributed by atoms with van der Waals surface area (Å²) in [6.07, 6.45) is 1.74. The zero-order chi connectivity index (χ0) is 10.6. The maximum absolute atomic E-state index is 11.4. The van der Waals surface area contributed by atoms with Gasteiger partial charge in [-0.15, -0.1) is 0 Å². The van der Waals surface area contributed by atoms with Crippen molar-refractivity contribution in [1.82, 2.24) is 0 Å². The lowest BCUT2D eigenvalue weighted by atomic mass is 9.80. The first-order valence-corrected chi connectivity index (χ1v) is 5.24. The van der Waals surface area contributed by atoms with Crippen LogP contribution in [0.15, 0.2) is 30.3 Å². The lowest BCUT2D eigenvalue weighted by Crippen LogP contribution is -2.28. The van der Waals surface area contributed by atoms with Gasteiger partial charge >= 0.3 is 0 Å². The second kappa shape index (κ2) is 4.61. The lowest BCUT2D eigenvalue weighted by molar-refractivity contribution is -0.116. The molecule has 0 radical (unpaired) electrons. The Morgan fingerprint density at radius 2 is 1.93 bits per heavy atom. The molecule has 0 N–H and O–H groups in total. The Bertz CT molecular complexity index is 307. The topological polar surface area (TPSA) is 17.1 Å². The minimum atomic E-state index is -0.530. The van der Waals surface area contributed by atoms with Gasteiger partial charge in [0, 0.05) is 0 Å². The van der Waals surface area contributed by atoms with Crippen LogP contribution < -0.4 is 0 Å². The van der Waals surface area contributed by atoms with E-state index in [1.807, 2.05) is 37.3 Å². The standard InChI is InChI=1S/C12H15ClO/c1-3-9-12(2,11(13)14)10-7-5-4-6-8-10/h4-8H,3,9H2,1-2H3. The fourth-order valence-corrected chi connectivity index (χ4v) is 1.87. The van der Waals surface area contributed by atoms with Crippen LogP contribution in [0.1, 0.15) is 32.3 Å². The summed E-state index contributed by atoms with van der Waals surface area (Å²) in [5, 5.41) is -0.273. The number of carbonyl (C=O) groups excluding carboxylic acids is 1. The molecule has 76 valence electrons. The fourth-order valence-electron chi connectivity index (χ4n) is 1.66. The summed E-state index contributed by atoms with van der Waals surface area (Å²) >= 11 is 5.66. The summed E-state index contributed by atoms with van der Waals surface area (Å²) in [6, 6.07) is 9.71. The molecule has 0 fully saturated rings. The second-order valence-electron chi connectivity index (χ2n) is 3.72. The predicted molar refractivity (Wildman–Crippen MR) is 59.6 cm³/mol. The van der Waals surface area contributed by atoms with E-state index in [4.69, 9.17) is 11.6 Å². The fraction of sp³-hybridized carbons (Fsp3) is 0.417. The first kappa shape index (κ1) is 11.3. The van der Waals surface area contributed by atoms with Gasteiger partial charge < -0.3 is 0 Å². The molecule has 1 nitrogen and oxygen atoms in total. The van der Waals surface area contributed by atoms with E-state index in [1.54, 1.807) is 0 Å². The van der Waals surface area contributed by atoms with E-state index in [9.17, 15) is 4.79 Å². The Kier molecular flexibility index (Phi) is 3.70. The molecule has 14 heavy (non-hydrogen) atoms. The van der Waals surface area contributed by atoms with Crippen molar-refractivity contribution in [3.05, 3.63) is 35.9 Å². The quantitative estimate of drug-likeness (QED) is 0.696. The average molecular weight is 211 g/mol. The average Bonchev–Trinajstić information content (AvgIpc) is 2.19. The second-order valence-corrected chi connectivity index (χ2v) is 4.07. The largest absolute Gasteiger partial charge is 0.280 e. The van der Waals surface area contributed by atoms with E-state index in [2.05, 4.69) is 6.92 Å². The first-order valence-electron chi connectivity index (χ1n) is 4.86. The van der Waals surface area contributed by atoms with Gasteiger partial charge in [-0.25, -0.2) is 0 Å². The van der Waals surface area contributed by atoms with Gasteiger partial charge in [0.1, 0.15) is 0 Å². The van der Waals surface area contributed by atoms with E-state index >= 15 is 0 Å². The number of rotatable bonds is 4. The molecule has 2 heteroatoms. The lowest BCUT2D eigenvalue weighted by Gasteiger charge is -2.25. The minimum absolute atomic E-state index is 0.273. The maximum atomic E-state index is 11.4. The van der Waals surface area contributed by atoms with Gasteiger partial charge in [0.2, 0.25) is 5.24 Å². The predicted octanol–water partition coefficient (Wildman–Crippen LogP) is 3.51. The molecule has 0 amide bonds. The van der Waals surface area contributed by atoms with Gasteiger partial charge in [-0.1, -0.05) is 43.7 Å². The van der Waals surface area contributed by atoms with Crippen LogP contribution >= 0.6 is 11.6 Å². The maximum Gasteiger partial charge on any atom is 0.231 e. The van der Waals surface area contributed by atoms with Crippen molar-refractivity contribution < 1.29 is 4.79 Å². The van der Waals surface area contributed by atoms with Crippen LogP contribution in [0.4, 0.5) is 0 Å². The van der Waals surface area contributed by atoms with E-state index < -0.39 is 5.41 Å². The van der Waals surface area contributed by atoms with Crippen molar-refractivity contribution in [2.24, 2.45) is 0 Å². The molecule has 1 unspecified atom stereocenters. The molecular weight excluding hydrogens is 196 g/mol. The van der Waals surface area contributed by atoms with Crippen molar-refractivity contribution in [3.63, 3.8) is 0 Å². The smallest absolute Gasteiger partial charge is 0.231 e. The SMILES string of the molecule is CCCC(C)(C(=O)Cl)c1ccccc1. The number of halogens is 1. The highest BCUT2D eigenvalue weighted by atomic mass is 35.5. The molecule has 0 aliphatic heterocycles. The Balaban J connectivity index is 3.06.